The van der Waals surface area contributed by atoms with E-state index < -0.39 is 16.1 Å². The Morgan fingerprint density at radius 1 is 1.39 bits per heavy atom. The number of rotatable bonds is 3. The van der Waals surface area contributed by atoms with Gasteiger partial charge >= 0.3 is 0 Å². The fourth-order valence-electron chi connectivity index (χ4n) is 2.08. The molecule has 4 nitrogen and oxygen atoms in total. The summed E-state index contributed by atoms with van der Waals surface area (Å²) in [7, 11) is -3.40. The van der Waals surface area contributed by atoms with Gasteiger partial charge in [-0.3, -0.25) is 0 Å². The van der Waals surface area contributed by atoms with E-state index in [0.717, 1.165) is 0 Å². The molecule has 0 aliphatic carbocycles. The van der Waals surface area contributed by atoms with Crippen molar-refractivity contribution in [2.45, 2.75) is 24.7 Å². The van der Waals surface area contributed by atoms with Crippen molar-refractivity contribution in [3.05, 3.63) is 34.9 Å². The first kappa shape index (κ1) is 13.8. The van der Waals surface area contributed by atoms with Crippen LogP contribution in [0.15, 0.2) is 24.3 Å². The number of nitrogens with zero attached hydrogens (tertiary/aromatic N) is 1. The third kappa shape index (κ3) is 3.23. The molecule has 0 spiro atoms. The van der Waals surface area contributed by atoms with Gasteiger partial charge in [0.2, 0.25) is 10.0 Å². The molecule has 1 heterocycles. The summed E-state index contributed by atoms with van der Waals surface area (Å²) in [5.41, 5.74) is 0.597. The molecule has 1 aromatic rings. The molecular weight excluding hydrogens is 274 g/mol. The van der Waals surface area contributed by atoms with E-state index in [2.05, 4.69) is 0 Å². The van der Waals surface area contributed by atoms with Crippen molar-refractivity contribution in [1.29, 1.82) is 0 Å². The van der Waals surface area contributed by atoms with E-state index in [0.29, 0.717) is 30.0 Å². The highest BCUT2D eigenvalue weighted by molar-refractivity contribution is 7.88. The zero-order valence-electron chi connectivity index (χ0n) is 9.92. The fraction of sp³-hybridized carbons (Fsp3) is 0.500. The highest BCUT2D eigenvalue weighted by Gasteiger charge is 2.28. The van der Waals surface area contributed by atoms with Crippen LogP contribution in [0.1, 0.15) is 18.4 Å². The number of β-amino-alcohol motifs (C(OH)–C–C–N with tert-alkyl or cyclic N) is 1. The number of piperidine rings is 1. The zero-order valence-corrected chi connectivity index (χ0v) is 11.5. The van der Waals surface area contributed by atoms with Gasteiger partial charge in [0.05, 0.1) is 11.9 Å². The average molecular weight is 290 g/mol. The Balaban J connectivity index is 2.14. The molecule has 1 N–H and O–H groups in total. The number of aliphatic hydroxyl groups is 1. The number of halogens is 1. The molecule has 1 fully saturated rings. The predicted octanol–water partition coefficient (Wildman–Crippen LogP) is 1.63. The van der Waals surface area contributed by atoms with Crippen molar-refractivity contribution in [1.82, 2.24) is 4.31 Å². The highest BCUT2D eigenvalue weighted by atomic mass is 35.5. The summed E-state index contributed by atoms with van der Waals surface area (Å²) < 4.78 is 25.8. The van der Waals surface area contributed by atoms with Crippen molar-refractivity contribution in [3.8, 4) is 0 Å². The Hall–Kier alpha value is -0.620. The molecule has 0 bridgehead atoms. The van der Waals surface area contributed by atoms with Crippen molar-refractivity contribution in [2.24, 2.45) is 0 Å². The molecule has 1 atom stereocenters. The molecule has 1 aliphatic rings. The fourth-order valence-corrected chi connectivity index (χ4v) is 3.99. The van der Waals surface area contributed by atoms with Crippen molar-refractivity contribution in [2.75, 3.05) is 13.1 Å². The van der Waals surface area contributed by atoms with Crippen LogP contribution in [0, 0.1) is 0 Å². The summed E-state index contributed by atoms with van der Waals surface area (Å²) in [4.78, 5) is 0. The first-order chi connectivity index (χ1) is 8.49. The van der Waals surface area contributed by atoms with Crippen LogP contribution in [0.2, 0.25) is 5.02 Å². The van der Waals surface area contributed by atoms with Gasteiger partial charge in [0.1, 0.15) is 0 Å². The molecular formula is C12H16ClNO3S. The molecule has 18 heavy (non-hydrogen) atoms. The van der Waals surface area contributed by atoms with Gasteiger partial charge in [-0.2, -0.15) is 4.31 Å². The lowest BCUT2D eigenvalue weighted by Gasteiger charge is -2.29. The van der Waals surface area contributed by atoms with Gasteiger partial charge in [0.15, 0.2) is 0 Å². The Labute approximate surface area is 112 Å². The molecule has 1 unspecified atom stereocenters. The summed E-state index contributed by atoms with van der Waals surface area (Å²) in [6, 6.07) is 6.92. The number of sulfonamides is 1. The van der Waals surface area contributed by atoms with E-state index >= 15 is 0 Å². The lowest BCUT2D eigenvalue weighted by molar-refractivity contribution is 0.108. The van der Waals surface area contributed by atoms with Gasteiger partial charge in [-0.1, -0.05) is 29.8 Å². The number of aliphatic hydroxyl groups excluding tert-OH is 1. The van der Waals surface area contributed by atoms with Gasteiger partial charge in [-0.25, -0.2) is 8.42 Å². The summed E-state index contributed by atoms with van der Waals surface area (Å²) in [5.74, 6) is -0.112. The van der Waals surface area contributed by atoms with Crippen LogP contribution in [0.4, 0.5) is 0 Å². The second-order valence-electron chi connectivity index (χ2n) is 4.50. The first-order valence-electron chi connectivity index (χ1n) is 5.88. The molecule has 100 valence electrons. The second kappa shape index (κ2) is 5.57. The summed E-state index contributed by atoms with van der Waals surface area (Å²) in [6.45, 7) is 0.663. The second-order valence-corrected chi connectivity index (χ2v) is 6.88. The third-order valence-electron chi connectivity index (χ3n) is 3.05. The van der Waals surface area contributed by atoms with E-state index in [1.807, 2.05) is 0 Å². The van der Waals surface area contributed by atoms with Crippen LogP contribution in [0.25, 0.3) is 0 Å². The Morgan fingerprint density at radius 2 is 2.11 bits per heavy atom. The largest absolute Gasteiger partial charge is 0.392 e. The first-order valence-corrected chi connectivity index (χ1v) is 7.87. The smallest absolute Gasteiger partial charge is 0.218 e. The van der Waals surface area contributed by atoms with Crippen LogP contribution in [-0.4, -0.2) is 37.0 Å². The molecule has 6 heteroatoms. The maximum Gasteiger partial charge on any atom is 0.218 e. The van der Waals surface area contributed by atoms with E-state index in [4.69, 9.17) is 11.6 Å². The van der Waals surface area contributed by atoms with Crippen LogP contribution >= 0.6 is 11.6 Å². The minimum absolute atomic E-state index is 0.112. The molecule has 0 amide bonds. The highest BCUT2D eigenvalue weighted by Crippen LogP contribution is 2.21. The molecule has 1 aliphatic heterocycles. The van der Waals surface area contributed by atoms with Gasteiger partial charge in [0.25, 0.3) is 0 Å². The van der Waals surface area contributed by atoms with Crippen molar-refractivity contribution >= 4 is 21.6 Å². The van der Waals surface area contributed by atoms with E-state index in [1.54, 1.807) is 24.3 Å². The van der Waals surface area contributed by atoms with Crippen molar-refractivity contribution in [3.63, 3.8) is 0 Å². The van der Waals surface area contributed by atoms with Crippen LogP contribution < -0.4 is 0 Å². The van der Waals surface area contributed by atoms with Gasteiger partial charge < -0.3 is 5.11 Å². The lowest BCUT2D eigenvalue weighted by Crippen LogP contribution is -2.42. The Morgan fingerprint density at radius 3 is 2.78 bits per heavy atom. The zero-order chi connectivity index (χ0) is 13.2. The molecule has 0 radical (unpaired) electrons. The topological polar surface area (TPSA) is 57.6 Å². The number of benzene rings is 1. The Bertz CT molecular complexity index is 518. The van der Waals surface area contributed by atoms with Gasteiger partial charge in [0, 0.05) is 18.1 Å². The summed E-state index contributed by atoms with van der Waals surface area (Å²) >= 11 is 5.97. The lowest BCUT2D eigenvalue weighted by atomic mass is 10.1. The normalized spacial score (nSPS) is 22.0. The molecule has 1 saturated heterocycles. The molecule has 0 saturated carbocycles. The monoisotopic (exact) mass is 289 g/mol. The van der Waals surface area contributed by atoms with Gasteiger partial charge in [-0.05, 0) is 24.5 Å². The van der Waals surface area contributed by atoms with Crippen molar-refractivity contribution < 1.29 is 13.5 Å². The van der Waals surface area contributed by atoms with E-state index in [9.17, 15) is 13.5 Å². The summed E-state index contributed by atoms with van der Waals surface area (Å²) in [5, 5.41) is 9.99. The summed E-state index contributed by atoms with van der Waals surface area (Å²) in [6.07, 6.45) is 0.806. The Kier molecular flexibility index (Phi) is 4.27. The van der Waals surface area contributed by atoms with Crippen LogP contribution in [0.3, 0.4) is 0 Å². The maximum absolute atomic E-state index is 12.2. The molecule has 1 aromatic carbocycles. The average Bonchev–Trinajstić information content (AvgIpc) is 2.32. The molecule has 0 aromatic heterocycles. The standard InChI is InChI=1S/C12H16ClNO3S/c13-12-6-2-1-4-10(12)9-18(16,17)14-7-3-5-11(15)8-14/h1-2,4,6,11,15H,3,5,7-9H2. The van der Waals surface area contributed by atoms with Gasteiger partial charge in [-0.15, -0.1) is 0 Å². The maximum atomic E-state index is 12.2. The SMILES string of the molecule is O=S(=O)(Cc1ccccc1Cl)N1CCCC(O)C1. The molecule has 2 rings (SSSR count). The minimum Gasteiger partial charge on any atom is -0.392 e. The minimum atomic E-state index is -3.40. The quantitative estimate of drug-likeness (QED) is 0.920. The van der Waals surface area contributed by atoms with E-state index in [-0.39, 0.29) is 12.3 Å². The van der Waals surface area contributed by atoms with E-state index in [1.165, 1.54) is 4.31 Å². The van der Waals surface area contributed by atoms with Crippen LogP contribution in [0.5, 0.6) is 0 Å². The number of hydrogen-bond acceptors (Lipinski definition) is 3. The number of hydrogen-bond donors (Lipinski definition) is 1. The predicted molar refractivity (Wildman–Crippen MR) is 70.9 cm³/mol. The van der Waals surface area contributed by atoms with Crippen LogP contribution in [-0.2, 0) is 15.8 Å². The third-order valence-corrected chi connectivity index (χ3v) is 5.21.